The molecule has 0 heterocycles. The van der Waals surface area contributed by atoms with Crippen molar-refractivity contribution in [2.24, 2.45) is 5.92 Å². The van der Waals surface area contributed by atoms with E-state index in [9.17, 15) is 9.59 Å². The maximum Gasteiger partial charge on any atom is 0.339 e. The predicted octanol–water partition coefficient (Wildman–Crippen LogP) is 4.96. The van der Waals surface area contributed by atoms with Crippen molar-refractivity contribution >= 4 is 29.2 Å². The lowest BCUT2D eigenvalue weighted by Gasteiger charge is -2.15. The average molecular weight is 420 g/mol. The summed E-state index contributed by atoms with van der Waals surface area (Å²) in [6.45, 7) is 6.29. The van der Waals surface area contributed by atoms with Crippen molar-refractivity contribution in [3.05, 3.63) is 53.1 Å². The molecular weight excluding hydrogens is 394 g/mol. The molecule has 1 N–H and O–H groups in total. The third-order valence-electron chi connectivity index (χ3n) is 4.12. The number of carbonyl (C=O) groups is 2. The molecule has 1 unspecified atom stereocenters. The molecule has 0 fully saturated rings. The molecule has 0 aliphatic heterocycles. The Balaban J connectivity index is 1.97. The average Bonchev–Trinajstić information content (AvgIpc) is 2.69. The number of nitrogens with one attached hydrogen (secondary N) is 1. The zero-order valence-electron chi connectivity index (χ0n) is 17.0. The fourth-order valence-electron chi connectivity index (χ4n) is 2.38. The van der Waals surface area contributed by atoms with Gasteiger partial charge in [-0.05, 0) is 61.7 Å². The summed E-state index contributed by atoms with van der Waals surface area (Å²) in [5.74, 6) is 0.438. The predicted molar refractivity (Wildman–Crippen MR) is 113 cm³/mol. The molecule has 2 aromatic carbocycles. The van der Waals surface area contributed by atoms with E-state index in [1.807, 2.05) is 0 Å². The van der Waals surface area contributed by atoms with Crippen molar-refractivity contribution < 1.29 is 23.8 Å². The van der Waals surface area contributed by atoms with Gasteiger partial charge >= 0.3 is 5.97 Å². The second-order valence-corrected chi connectivity index (χ2v) is 7.38. The van der Waals surface area contributed by atoms with Crippen molar-refractivity contribution in [1.29, 1.82) is 0 Å². The molecule has 7 heteroatoms. The number of hydrogen-bond acceptors (Lipinski definition) is 5. The molecule has 1 amide bonds. The van der Waals surface area contributed by atoms with Crippen LogP contribution < -0.4 is 14.8 Å². The molecule has 2 rings (SSSR count). The summed E-state index contributed by atoms with van der Waals surface area (Å²) in [6.07, 6.45) is -0.0705. The summed E-state index contributed by atoms with van der Waals surface area (Å²) in [5.41, 5.74) is 0.830. The zero-order valence-corrected chi connectivity index (χ0v) is 17.8. The summed E-state index contributed by atoms with van der Waals surface area (Å²) in [6, 6.07) is 11.4. The van der Waals surface area contributed by atoms with Crippen LogP contribution >= 0.6 is 11.6 Å². The first-order valence-corrected chi connectivity index (χ1v) is 9.76. The maximum atomic E-state index is 12.4. The molecule has 156 valence electrons. The van der Waals surface area contributed by atoms with Gasteiger partial charge in [0.2, 0.25) is 0 Å². The minimum atomic E-state index is -0.980. The second kappa shape index (κ2) is 10.7. The van der Waals surface area contributed by atoms with Crippen molar-refractivity contribution in [2.45, 2.75) is 33.3 Å². The molecule has 29 heavy (non-hydrogen) atoms. The number of ether oxygens (including phenoxy) is 3. The number of amides is 1. The largest absolute Gasteiger partial charge is 0.493 e. The van der Waals surface area contributed by atoms with Crippen LogP contribution in [0, 0.1) is 5.92 Å². The van der Waals surface area contributed by atoms with Crippen LogP contribution in [0.2, 0.25) is 5.02 Å². The highest BCUT2D eigenvalue weighted by Crippen LogP contribution is 2.29. The van der Waals surface area contributed by atoms with Crippen molar-refractivity contribution in [3.8, 4) is 11.5 Å². The van der Waals surface area contributed by atoms with E-state index in [-0.39, 0.29) is 5.56 Å². The van der Waals surface area contributed by atoms with Gasteiger partial charge in [-0.15, -0.1) is 0 Å². The third kappa shape index (κ3) is 6.98. The fraction of sp³-hybridized carbons (Fsp3) is 0.364. The molecule has 1 atom stereocenters. The van der Waals surface area contributed by atoms with E-state index in [2.05, 4.69) is 19.2 Å². The van der Waals surface area contributed by atoms with Crippen LogP contribution in [0.1, 0.15) is 37.6 Å². The first kappa shape index (κ1) is 22.6. The Labute approximate surface area is 176 Å². The van der Waals surface area contributed by atoms with Gasteiger partial charge in [0.1, 0.15) is 0 Å². The van der Waals surface area contributed by atoms with Crippen molar-refractivity contribution in [2.75, 3.05) is 19.0 Å². The van der Waals surface area contributed by atoms with Crippen LogP contribution in [0.4, 0.5) is 5.69 Å². The Morgan fingerprint density at radius 1 is 1.03 bits per heavy atom. The Morgan fingerprint density at radius 3 is 2.34 bits per heavy atom. The minimum Gasteiger partial charge on any atom is -0.493 e. The lowest BCUT2D eigenvalue weighted by Crippen LogP contribution is -2.30. The lowest BCUT2D eigenvalue weighted by molar-refractivity contribution is -0.123. The Bertz CT molecular complexity index is 836. The van der Waals surface area contributed by atoms with Crippen LogP contribution in [-0.4, -0.2) is 31.7 Å². The number of esters is 1. The van der Waals surface area contributed by atoms with Gasteiger partial charge < -0.3 is 19.5 Å². The van der Waals surface area contributed by atoms with E-state index in [4.69, 9.17) is 25.8 Å². The van der Waals surface area contributed by atoms with E-state index in [0.717, 1.165) is 6.42 Å². The zero-order chi connectivity index (χ0) is 21.4. The number of anilines is 1. The van der Waals surface area contributed by atoms with Crippen LogP contribution in [-0.2, 0) is 9.53 Å². The third-order valence-corrected chi connectivity index (χ3v) is 4.37. The molecule has 0 saturated carbocycles. The van der Waals surface area contributed by atoms with E-state index in [1.165, 1.54) is 20.1 Å². The normalized spacial score (nSPS) is 11.7. The van der Waals surface area contributed by atoms with E-state index < -0.39 is 18.0 Å². The van der Waals surface area contributed by atoms with Crippen LogP contribution in [0.15, 0.2) is 42.5 Å². The van der Waals surface area contributed by atoms with Gasteiger partial charge in [-0.2, -0.15) is 0 Å². The molecule has 0 aliphatic rings. The van der Waals surface area contributed by atoms with Gasteiger partial charge in [0.15, 0.2) is 17.6 Å². The Hall–Kier alpha value is -2.73. The van der Waals surface area contributed by atoms with Gasteiger partial charge in [0.05, 0.1) is 19.3 Å². The van der Waals surface area contributed by atoms with Gasteiger partial charge in [-0.25, -0.2) is 4.79 Å². The molecule has 0 aromatic heterocycles. The van der Waals surface area contributed by atoms with Crippen LogP contribution in [0.5, 0.6) is 11.5 Å². The molecule has 0 aliphatic carbocycles. The monoisotopic (exact) mass is 419 g/mol. The van der Waals surface area contributed by atoms with E-state index >= 15 is 0 Å². The number of hydrogen-bond donors (Lipinski definition) is 1. The number of methoxy groups -OCH3 is 1. The number of halogens is 1. The molecule has 2 aromatic rings. The smallest absolute Gasteiger partial charge is 0.339 e. The second-order valence-electron chi connectivity index (χ2n) is 6.94. The quantitative estimate of drug-likeness (QED) is 0.581. The summed E-state index contributed by atoms with van der Waals surface area (Å²) in [7, 11) is 1.50. The molecule has 6 nitrogen and oxygen atoms in total. The highest BCUT2D eigenvalue weighted by molar-refractivity contribution is 6.30. The summed E-state index contributed by atoms with van der Waals surface area (Å²) < 4.78 is 16.3. The van der Waals surface area contributed by atoms with Gasteiger partial charge in [-0.1, -0.05) is 25.4 Å². The Kier molecular flexibility index (Phi) is 8.34. The summed E-state index contributed by atoms with van der Waals surface area (Å²) in [5, 5.41) is 3.23. The fourth-order valence-corrected chi connectivity index (χ4v) is 2.50. The first-order valence-electron chi connectivity index (χ1n) is 9.38. The molecular formula is C22H26ClNO5. The van der Waals surface area contributed by atoms with Gasteiger partial charge in [-0.3, -0.25) is 4.79 Å². The summed E-state index contributed by atoms with van der Waals surface area (Å²) >= 11 is 5.82. The van der Waals surface area contributed by atoms with Crippen molar-refractivity contribution in [3.63, 3.8) is 0 Å². The maximum absolute atomic E-state index is 12.4. The van der Waals surface area contributed by atoms with Gasteiger partial charge in [0.25, 0.3) is 5.91 Å². The highest BCUT2D eigenvalue weighted by Gasteiger charge is 2.20. The number of benzene rings is 2. The SMILES string of the molecule is COc1cc(C(=O)OC(C)C(=O)Nc2ccc(Cl)cc2)ccc1OCCC(C)C. The molecule has 0 spiro atoms. The molecule has 0 saturated heterocycles. The number of rotatable bonds is 9. The first-order chi connectivity index (χ1) is 13.8. The van der Waals surface area contributed by atoms with Crippen molar-refractivity contribution in [1.82, 2.24) is 0 Å². The minimum absolute atomic E-state index is 0.268. The lowest BCUT2D eigenvalue weighted by atomic mass is 10.1. The van der Waals surface area contributed by atoms with E-state index in [1.54, 1.807) is 36.4 Å². The van der Waals surface area contributed by atoms with E-state index in [0.29, 0.717) is 34.7 Å². The molecule has 0 bridgehead atoms. The summed E-state index contributed by atoms with van der Waals surface area (Å²) in [4.78, 5) is 24.7. The van der Waals surface area contributed by atoms with Gasteiger partial charge in [0, 0.05) is 10.7 Å². The molecule has 0 radical (unpaired) electrons. The highest BCUT2D eigenvalue weighted by atomic mass is 35.5. The standard InChI is InChI=1S/C22H26ClNO5/c1-14(2)11-12-28-19-10-5-16(13-20(19)27-4)22(26)29-15(3)21(25)24-18-8-6-17(23)7-9-18/h5-10,13-15H,11-12H2,1-4H3,(H,24,25). The van der Waals surface area contributed by atoms with Crippen LogP contribution in [0.3, 0.4) is 0 Å². The topological polar surface area (TPSA) is 73.9 Å². The van der Waals surface area contributed by atoms with Crippen LogP contribution in [0.25, 0.3) is 0 Å². The Morgan fingerprint density at radius 2 is 1.72 bits per heavy atom. The number of carbonyl (C=O) groups excluding carboxylic acids is 2.